The minimum atomic E-state index is 1.19. The van der Waals surface area contributed by atoms with E-state index in [4.69, 9.17) is 0 Å². The number of fused-ring (bicyclic) bond motifs is 2. The summed E-state index contributed by atoms with van der Waals surface area (Å²) in [6, 6.07) is 79.7. The van der Waals surface area contributed by atoms with Crippen LogP contribution in [0.1, 0.15) is 156 Å². The highest BCUT2D eigenvalue weighted by atomic mass is 14.3. The van der Waals surface area contributed by atoms with E-state index in [-0.39, 0.29) is 0 Å². The molecule has 17 rings (SSSR count). The van der Waals surface area contributed by atoms with Gasteiger partial charge in [0.05, 0.1) is 0 Å². The quantitative estimate of drug-likeness (QED) is 0.0845. The Balaban J connectivity index is 1.17. The third kappa shape index (κ3) is 13.7. The van der Waals surface area contributed by atoms with Crippen molar-refractivity contribution >= 4 is 43.1 Å². The van der Waals surface area contributed by atoms with Crippen molar-refractivity contribution in [2.24, 2.45) is 0 Å². The minimum Gasteiger partial charge on any atom is -0.0557 e. The molecule has 0 heterocycles. The molecule has 0 N–H and O–H groups in total. The van der Waals surface area contributed by atoms with Crippen LogP contribution < -0.4 is 0 Å². The molecule has 17 aromatic carbocycles. The zero-order chi connectivity index (χ0) is 85.3. The van der Waals surface area contributed by atoms with E-state index in [1.807, 2.05) is 0 Å². The average Bonchev–Trinajstić information content (AvgIpc) is 0.691. The van der Waals surface area contributed by atoms with Gasteiger partial charge in [-0.05, 0) is 530 Å². The van der Waals surface area contributed by atoms with Gasteiger partial charge in [-0.2, -0.15) is 0 Å². The standard InChI is InChI=1S/C120H116/c1-61-29-73(13)107(74(14)30-61)99-45-69(9)46-100(108-75(15)31-62(2)32-76(108)16)117(99)91-53-89-54-92(118-101(109-77(17)33-63(3)34-78(109)18)47-70(10)48-102(118)110-79(19)35-64(4)36-80(110)20)59-97-98-60-94(120-105(113-85(25)41-67(7)42-86(113)26)51-72(12)52-106(120)114-87(27)43-68(8)44-88(114)28)56-90-55-93(58-96(116(90)98)95(57-91)115(89)97)119-103(111-81(21)37-65(5)38-82(111)22)49-71(11)50-104(119)112-83(23)39-66(6)40-84(112)24/h29-60H,1-28H3. The van der Waals surface area contributed by atoms with E-state index >= 15 is 0 Å². The molecule has 0 bridgehead atoms. The van der Waals surface area contributed by atoms with E-state index < -0.39 is 0 Å². The van der Waals surface area contributed by atoms with Crippen molar-refractivity contribution in [3.63, 3.8) is 0 Å². The Morgan fingerprint density at radius 3 is 0.333 bits per heavy atom. The van der Waals surface area contributed by atoms with E-state index in [0.717, 1.165) is 0 Å². The van der Waals surface area contributed by atoms with Crippen LogP contribution in [0.2, 0.25) is 0 Å². The molecule has 0 saturated heterocycles. The predicted octanol–water partition coefficient (Wildman–Crippen LogP) is 34.4. The molecular formula is C120H116. The first-order valence-corrected chi connectivity index (χ1v) is 43.5. The Kier molecular flexibility index (Phi) is 20.2. The van der Waals surface area contributed by atoms with Gasteiger partial charge < -0.3 is 0 Å². The van der Waals surface area contributed by atoms with E-state index in [9.17, 15) is 0 Å². The number of aryl methyl sites for hydroxylation is 28. The van der Waals surface area contributed by atoms with Crippen LogP contribution in [-0.2, 0) is 0 Å². The van der Waals surface area contributed by atoms with Gasteiger partial charge in [-0.25, -0.2) is 0 Å². The fourth-order valence-corrected chi connectivity index (χ4v) is 23.3. The van der Waals surface area contributed by atoms with Gasteiger partial charge in [0.15, 0.2) is 0 Å². The van der Waals surface area contributed by atoms with Crippen LogP contribution in [0, 0.1) is 194 Å². The molecule has 0 unspecified atom stereocenters. The second-order valence-electron chi connectivity index (χ2n) is 37.4. The van der Waals surface area contributed by atoms with E-state index in [1.165, 1.54) is 332 Å². The third-order valence-corrected chi connectivity index (χ3v) is 26.5. The SMILES string of the molecule is Cc1cc(C)c(-c2cc(C)cc(-c3c(C)cc(C)cc3C)c2-c2cc3cc(-c4c(-c5c(C)cc(C)cc5C)cc(C)cc4-c4c(C)cc(C)cc4C)cc4c5cc(-c6c(-c7c(C)cc(C)cc7C)cc(C)cc6-c6c(C)cc(C)cc6C)cc6cc(-c7c(-c8c(C)cc(C)cc8C)cc(C)cc7-c7c(C)cc(C)cc7C)cc(c(c2)c34)c65)c(C)c1. The van der Waals surface area contributed by atoms with Gasteiger partial charge in [0.25, 0.3) is 0 Å². The van der Waals surface area contributed by atoms with Gasteiger partial charge in [-0.1, -0.05) is 190 Å². The van der Waals surface area contributed by atoms with Crippen LogP contribution in [0.15, 0.2) is 194 Å². The zero-order valence-electron chi connectivity index (χ0n) is 76.5. The zero-order valence-corrected chi connectivity index (χ0v) is 76.5. The number of benzene rings is 17. The van der Waals surface area contributed by atoms with Crippen molar-refractivity contribution in [2.45, 2.75) is 194 Å². The van der Waals surface area contributed by atoms with Gasteiger partial charge in [0.2, 0.25) is 0 Å². The molecule has 0 nitrogen and oxygen atoms in total. The summed E-state index contributed by atoms with van der Waals surface area (Å²) in [7, 11) is 0. The second-order valence-corrected chi connectivity index (χ2v) is 37.4. The summed E-state index contributed by atoms with van der Waals surface area (Å²) < 4.78 is 0. The molecule has 0 aliphatic rings. The molecule has 0 radical (unpaired) electrons. The molecular weight excluding hydrogens is 1440 g/mol. The van der Waals surface area contributed by atoms with Gasteiger partial charge in [0, 0.05) is 0 Å². The molecule has 0 spiro atoms. The molecule has 0 heteroatoms. The Morgan fingerprint density at radius 2 is 0.217 bits per heavy atom. The predicted molar refractivity (Wildman–Crippen MR) is 526 cm³/mol. The van der Waals surface area contributed by atoms with Crippen LogP contribution in [-0.4, -0.2) is 0 Å². The molecule has 0 aliphatic carbocycles. The van der Waals surface area contributed by atoms with Crippen LogP contribution in [0.5, 0.6) is 0 Å². The number of hydrogen-bond acceptors (Lipinski definition) is 0. The summed E-state index contributed by atoms with van der Waals surface area (Å²) in [4.78, 5) is 0. The summed E-state index contributed by atoms with van der Waals surface area (Å²) in [5.74, 6) is 0. The van der Waals surface area contributed by atoms with Gasteiger partial charge in [-0.3, -0.25) is 0 Å². The van der Waals surface area contributed by atoms with Crippen molar-refractivity contribution in [2.75, 3.05) is 0 Å². The minimum absolute atomic E-state index is 1.19. The van der Waals surface area contributed by atoms with Crippen molar-refractivity contribution in [3.8, 4) is 134 Å². The van der Waals surface area contributed by atoms with Crippen LogP contribution in [0.3, 0.4) is 0 Å². The molecule has 0 atom stereocenters. The lowest BCUT2D eigenvalue weighted by Gasteiger charge is -2.26. The maximum absolute atomic E-state index is 2.67. The lowest BCUT2D eigenvalue weighted by atomic mass is 9.77. The fraction of sp³-hybridized carbons (Fsp3) is 0.233. The molecule has 0 aliphatic heterocycles. The molecule has 0 saturated carbocycles. The Bertz CT molecular complexity index is 5940. The Morgan fingerprint density at radius 1 is 0.108 bits per heavy atom. The molecule has 0 aromatic heterocycles. The highest BCUT2D eigenvalue weighted by Crippen LogP contribution is 2.57. The first-order chi connectivity index (χ1) is 57.0. The molecule has 596 valence electrons. The first-order valence-electron chi connectivity index (χ1n) is 43.5. The molecule has 0 amide bonds. The summed E-state index contributed by atoms with van der Waals surface area (Å²) in [6.45, 7) is 64.7. The summed E-state index contributed by atoms with van der Waals surface area (Å²) in [6.07, 6.45) is 0. The number of rotatable bonds is 12. The van der Waals surface area contributed by atoms with Crippen LogP contribution >= 0.6 is 0 Å². The smallest absolute Gasteiger partial charge is 0.00255 e. The molecule has 0 fully saturated rings. The topological polar surface area (TPSA) is 0 Å². The normalized spacial score (nSPS) is 11.8. The van der Waals surface area contributed by atoms with Gasteiger partial charge in [0.1, 0.15) is 0 Å². The third-order valence-electron chi connectivity index (χ3n) is 26.5. The van der Waals surface area contributed by atoms with E-state index in [0.29, 0.717) is 0 Å². The summed E-state index contributed by atoms with van der Waals surface area (Å²) in [5, 5.41) is 9.85. The highest BCUT2D eigenvalue weighted by Gasteiger charge is 2.31. The van der Waals surface area contributed by atoms with Crippen LogP contribution in [0.25, 0.3) is 177 Å². The van der Waals surface area contributed by atoms with Gasteiger partial charge >= 0.3 is 0 Å². The van der Waals surface area contributed by atoms with Gasteiger partial charge in [-0.15, -0.1) is 0 Å². The molecule has 120 heavy (non-hydrogen) atoms. The average molecular weight is 1560 g/mol. The first kappa shape index (κ1) is 80.5. The fourth-order valence-electron chi connectivity index (χ4n) is 23.3. The van der Waals surface area contributed by atoms with Crippen molar-refractivity contribution in [1.29, 1.82) is 0 Å². The van der Waals surface area contributed by atoms with Crippen molar-refractivity contribution in [3.05, 3.63) is 350 Å². The Labute approximate surface area is 715 Å². The second kappa shape index (κ2) is 30.1. The maximum Gasteiger partial charge on any atom is -0.00255 e. The molecule has 17 aromatic rings. The summed E-state index contributed by atoms with van der Waals surface area (Å²) >= 11 is 0. The lowest BCUT2D eigenvalue weighted by molar-refractivity contribution is 1.30. The van der Waals surface area contributed by atoms with Crippen molar-refractivity contribution < 1.29 is 0 Å². The van der Waals surface area contributed by atoms with E-state index in [1.54, 1.807) is 0 Å². The highest BCUT2D eigenvalue weighted by molar-refractivity contribution is 6.36. The summed E-state index contributed by atoms with van der Waals surface area (Å²) in [5.41, 5.74) is 65.7. The van der Waals surface area contributed by atoms with Crippen LogP contribution in [0.4, 0.5) is 0 Å². The lowest BCUT2D eigenvalue weighted by Crippen LogP contribution is -2.01. The maximum atomic E-state index is 2.67. The van der Waals surface area contributed by atoms with E-state index in [2.05, 4.69) is 388 Å². The number of hydrogen-bond donors (Lipinski definition) is 0. The van der Waals surface area contributed by atoms with Crippen molar-refractivity contribution in [1.82, 2.24) is 0 Å². The Hall–Kier alpha value is -12.0. The monoisotopic (exact) mass is 1560 g/mol. The largest absolute Gasteiger partial charge is 0.0557 e.